The van der Waals surface area contributed by atoms with Gasteiger partial charge >= 0.3 is 0 Å². The van der Waals surface area contributed by atoms with Crippen LogP contribution in [0.1, 0.15) is 12.5 Å². The molecule has 0 fully saturated rings. The summed E-state index contributed by atoms with van der Waals surface area (Å²) >= 11 is 5.98. The minimum absolute atomic E-state index is 0. The van der Waals surface area contributed by atoms with Crippen LogP contribution in [0, 0.1) is 0 Å². The van der Waals surface area contributed by atoms with Gasteiger partial charge in [0.1, 0.15) is 5.75 Å². The molecule has 2 N–H and O–H groups in total. The van der Waals surface area contributed by atoms with Gasteiger partial charge in [0.2, 0.25) is 0 Å². The van der Waals surface area contributed by atoms with Crippen molar-refractivity contribution in [1.82, 2.24) is 10.6 Å². The first-order valence-corrected chi connectivity index (χ1v) is 6.93. The lowest BCUT2D eigenvalue weighted by atomic mass is 10.2. The molecule has 0 bridgehead atoms. The molecule has 0 radical (unpaired) electrons. The molecule has 0 atom stereocenters. The molecule has 21 heavy (non-hydrogen) atoms. The van der Waals surface area contributed by atoms with Crippen molar-refractivity contribution < 1.29 is 9.47 Å². The van der Waals surface area contributed by atoms with Gasteiger partial charge in [0.15, 0.2) is 5.96 Å². The maximum atomic E-state index is 5.98. The van der Waals surface area contributed by atoms with Crippen molar-refractivity contribution in [3.63, 3.8) is 0 Å². The fourth-order valence-corrected chi connectivity index (χ4v) is 1.80. The first-order chi connectivity index (χ1) is 9.71. The second-order valence-corrected chi connectivity index (χ2v) is 4.47. The first-order valence-electron chi connectivity index (χ1n) is 6.56. The molecule has 0 spiro atoms. The van der Waals surface area contributed by atoms with Crippen LogP contribution >= 0.6 is 35.6 Å². The van der Waals surface area contributed by atoms with E-state index in [9.17, 15) is 0 Å². The minimum atomic E-state index is 0. The van der Waals surface area contributed by atoms with Crippen molar-refractivity contribution in [3.8, 4) is 5.75 Å². The molecule has 1 aromatic rings. The van der Waals surface area contributed by atoms with Gasteiger partial charge in [-0.25, -0.2) is 0 Å². The third-order valence-corrected chi connectivity index (χ3v) is 2.83. The molecular formula is C14H23ClIN3O2. The Balaban J connectivity index is 0.00000400. The number of hydrogen-bond donors (Lipinski definition) is 2. The minimum Gasteiger partial charge on any atom is -0.493 e. The maximum absolute atomic E-state index is 5.98. The van der Waals surface area contributed by atoms with E-state index in [2.05, 4.69) is 15.6 Å². The van der Waals surface area contributed by atoms with Gasteiger partial charge in [-0.2, -0.15) is 0 Å². The molecule has 0 saturated heterocycles. The van der Waals surface area contributed by atoms with Gasteiger partial charge in [-0.05, 0) is 19.1 Å². The number of hydrogen-bond acceptors (Lipinski definition) is 3. The maximum Gasteiger partial charge on any atom is 0.191 e. The van der Waals surface area contributed by atoms with E-state index >= 15 is 0 Å². The number of methoxy groups -OCH3 is 1. The third kappa shape index (κ3) is 7.73. The Bertz CT molecular complexity index is 444. The third-order valence-electron chi connectivity index (χ3n) is 2.60. The zero-order chi connectivity index (χ0) is 14.8. The summed E-state index contributed by atoms with van der Waals surface area (Å²) in [5, 5.41) is 7.04. The monoisotopic (exact) mass is 427 g/mol. The van der Waals surface area contributed by atoms with Crippen molar-refractivity contribution in [2.45, 2.75) is 13.5 Å². The van der Waals surface area contributed by atoms with Crippen LogP contribution in [0.2, 0.25) is 5.02 Å². The summed E-state index contributed by atoms with van der Waals surface area (Å²) in [6.07, 6.45) is 0. The van der Waals surface area contributed by atoms with Crippen LogP contribution in [-0.2, 0) is 11.3 Å². The Morgan fingerprint density at radius 3 is 2.71 bits per heavy atom. The lowest BCUT2D eigenvalue weighted by molar-refractivity contribution is 0.203. The molecule has 0 aromatic heterocycles. The number of guanidine groups is 1. The number of halogens is 2. The summed E-state index contributed by atoms with van der Waals surface area (Å²) in [4.78, 5) is 4.14. The number of benzene rings is 1. The second-order valence-electron chi connectivity index (χ2n) is 4.03. The molecule has 1 rings (SSSR count). The fourth-order valence-electron chi connectivity index (χ4n) is 1.64. The molecule has 0 aliphatic carbocycles. The molecule has 0 heterocycles. The standard InChI is InChI=1S/C14H22ClN3O2.HI/c1-4-20-13-9-12(15)6-5-11(13)10-18-14(16-2)17-7-8-19-3;/h5-6,9H,4,7-8,10H2,1-3H3,(H2,16,17,18);1H. The highest BCUT2D eigenvalue weighted by molar-refractivity contribution is 14.0. The molecule has 120 valence electrons. The molecule has 0 saturated carbocycles. The largest absolute Gasteiger partial charge is 0.493 e. The number of ether oxygens (including phenoxy) is 2. The molecular weight excluding hydrogens is 405 g/mol. The van der Waals surface area contributed by atoms with Crippen LogP contribution in [0.3, 0.4) is 0 Å². The van der Waals surface area contributed by atoms with E-state index in [0.717, 1.165) is 17.3 Å². The van der Waals surface area contributed by atoms with E-state index < -0.39 is 0 Å². The number of nitrogens with one attached hydrogen (secondary N) is 2. The highest BCUT2D eigenvalue weighted by Gasteiger charge is 2.05. The summed E-state index contributed by atoms with van der Waals surface area (Å²) in [5.74, 6) is 1.51. The Morgan fingerprint density at radius 2 is 2.10 bits per heavy atom. The Labute approximate surface area is 148 Å². The van der Waals surface area contributed by atoms with E-state index in [-0.39, 0.29) is 24.0 Å². The first kappa shape index (κ1) is 20.3. The zero-order valence-electron chi connectivity index (χ0n) is 12.6. The summed E-state index contributed by atoms with van der Waals surface area (Å²) < 4.78 is 10.6. The van der Waals surface area contributed by atoms with Gasteiger partial charge in [-0.3, -0.25) is 4.99 Å². The number of rotatable bonds is 7. The van der Waals surface area contributed by atoms with E-state index in [1.807, 2.05) is 25.1 Å². The summed E-state index contributed by atoms with van der Waals surface area (Å²) in [5.41, 5.74) is 1.03. The van der Waals surface area contributed by atoms with Gasteiger partial charge in [0.25, 0.3) is 0 Å². The van der Waals surface area contributed by atoms with Crippen molar-refractivity contribution in [2.75, 3.05) is 33.9 Å². The van der Waals surface area contributed by atoms with E-state index in [1.165, 1.54) is 0 Å². The van der Waals surface area contributed by atoms with Crippen LogP contribution in [0.25, 0.3) is 0 Å². The van der Waals surface area contributed by atoms with Gasteiger partial charge in [-0.15, -0.1) is 24.0 Å². The van der Waals surface area contributed by atoms with E-state index in [0.29, 0.717) is 31.3 Å². The average molecular weight is 428 g/mol. The number of aliphatic imine (C=N–C) groups is 1. The smallest absolute Gasteiger partial charge is 0.191 e. The van der Waals surface area contributed by atoms with Crippen LogP contribution in [0.4, 0.5) is 0 Å². The Hall–Kier alpha value is -0.730. The molecule has 0 aliphatic rings. The SMILES string of the molecule is CCOc1cc(Cl)ccc1CNC(=NC)NCCOC.I. The summed E-state index contributed by atoms with van der Waals surface area (Å²) in [6, 6.07) is 5.62. The normalized spacial score (nSPS) is 10.8. The van der Waals surface area contributed by atoms with Crippen LogP contribution in [-0.4, -0.2) is 39.9 Å². The lowest BCUT2D eigenvalue weighted by Gasteiger charge is -2.14. The van der Waals surface area contributed by atoms with Crippen LogP contribution in [0.5, 0.6) is 5.75 Å². The average Bonchev–Trinajstić information content (AvgIpc) is 2.44. The van der Waals surface area contributed by atoms with Crippen LogP contribution < -0.4 is 15.4 Å². The topological polar surface area (TPSA) is 54.9 Å². The van der Waals surface area contributed by atoms with Crippen molar-refractivity contribution >= 4 is 41.5 Å². The molecule has 0 unspecified atom stereocenters. The van der Waals surface area contributed by atoms with Crippen LogP contribution in [0.15, 0.2) is 23.2 Å². The quantitative estimate of drug-likeness (QED) is 0.304. The molecule has 0 amide bonds. The molecule has 5 nitrogen and oxygen atoms in total. The predicted octanol–water partition coefficient (Wildman–Crippen LogP) is 2.67. The highest BCUT2D eigenvalue weighted by Crippen LogP contribution is 2.23. The fraction of sp³-hybridized carbons (Fsp3) is 0.500. The molecule has 1 aromatic carbocycles. The van der Waals surface area contributed by atoms with E-state index in [1.54, 1.807) is 14.2 Å². The summed E-state index contributed by atoms with van der Waals surface area (Å²) in [7, 11) is 3.40. The highest BCUT2D eigenvalue weighted by atomic mass is 127. The van der Waals surface area contributed by atoms with Gasteiger partial charge in [0.05, 0.1) is 13.2 Å². The van der Waals surface area contributed by atoms with Gasteiger partial charge in [-0.1, -0.05) is 17.7 Å². The molecule has 7 heteroatoms. The Morgan fingerprint density at radius 1 is 1.33 bits per heavy atom. The predicted molar refractivity (Wildman–Crippen MR) is 98.1 cm³/mol. The second kappa shape index (κ2) is 11.9. The van der Waals surface area contributed by atoms with Gasteiger partial charge in [0, 0.05) is 37.8 Å². The summed E-state index contributed by atoms with van der Waals surface area (Å²) in [6.45, 7) is 4.50. The Kier molecular flexibility index (Phi) is 11.5. The lowest BCUT2D eigenvalue weighted by Crippen LogP contribution is -2.38. The number of nitrogens with zero attached hydrogens (tertiary/aromatic N) is 1. The van der Waals surface area contributed by atoms with Gasteiger partial charge < -0.3 is 20.1 Å². The zero-order valence-corrected chi connectivity index (χ0v) is 15.7. The van der Waals surface area contributed by atoms with Crippen molar-refractivity contribution in [1.29, 1.82) is 0 Å². The van der Waals surface area contributed by atoms with E-state index in [4.69, 9.17) is 21.1 Å². The van der Waals surface area contributed by atoms with Crippen molar-refractivity contribution in [2.24, 2.45) is 4.99 Å². The van der Waals surface area contributed by atoms with Crippen molar-refractivity contribution in [3.05, 3.63) is 28.8 Å². The molecule has 0 aliphatic heterocycles.